The first kappa shape index (κ1) is 20.3. The van der Waals surface area contributed by atoms with Crippen LogP contribution in [0.15, 0.2) is 0 Å². The smallest absolute Gasteiger partial charge is 0.249 e. The first-order valence-corrected chi connectivity index (χ1v) is 5.99. The summed E-state index contributed by atoms with van der Waals surface area (Å²) in [5.41, 5.74) is 5.49. The van der Waals surface area contributed by atoms with Crippen molar-refractivity contribution in [3.05, 3.63) is 0 Å². The van der Waals surface area contributed by atoms with Crippen molar-refractivity contribution in [1.82, 2.24) is 10.2 Å². The average molecular weight is 302 g/mol. The predicted molar refractivity (Wildman–Crippen MR) is 77.6 cm³/mol. The molecule has 1 fully saturated rings. The first-order valence-electron chi connectivity index (χ1n) is 5.99. The summed E-state index contributed by atoms with van der Waals surface area (Å²) in [6.45, 7) is 5.13. The van der Waals surface area contributed by atoms with E-state index in [0.717, 1.165) is 25.9 Å². The highest BCUT2D eigenvalue weighted by atomic mass is 35.5. The van der Waals surface area contributed by atoms with Crippen LogP contribution in [0.1, 0.15) is 19.8 Å². The van der Waals surface area contributed by atoms with Gasteiger partial charge < -0.3 is 20.7 Å². The van der Waals surface area contributed by atoms with Crippen LogP contribution in [0.2, 0.25) is 0 Å². The fraction of sp³-hybridized carbons (Fsp3) is 0.909. The monoisotopic (exact) mass is 301 g/mol. The van der Waals surface area contributed by atoms with E-state index in [1.165, 1.54) is 0 Å². The van der Waals surface area contributed by atoms with E-state index in [-0.39, 0.29) is 42.9 Å². The number of hydrogen-bond donors (Lipinski definition) is 2. The third kappa shape index (κ3) is 6.75. The highest BCUT2D eigenvalue weighted by Gasteiger charge is 2.29. The molecule has 1 aliphatic rings. The third-order valence-electron chi connectivity index (χ3n) is 3.00. The van der Waals surface area contributed by atoms with Gasteiger partial charge in [-0.05, 0) is 26.4 Å². The number of nitrogens with two attached hydrogens (primary N) is 1. The molecule has 7 heteroatoms. The summed E-state index contributed by atoms with van der Waals surface area (Å²) in [4.78, 5) is 13.8. The molecular formula is C11H25Cl2N3O2. The van der Waals surface area contributed by atoms with Gasteiger partial charge in [-0.25, -0.2) is 0 Å². The molecule has 0 radical (unpaired) electrons. The lowest BCUT2D eigenvalue weighted by Crippen LogP contribution is -2.39. The van der Waals surface area contributed by atoms with E-state index in [1.54, 1.807) is 0 Å². The van der Waals surface area contributed by atoms with Crippen molar-refractivity contribution in [3.63, 3.8) is 0 Å². The Kier molecular flexibility index (Phi) is 12.2. The van der Waals surface area contributed by atoms with Crippen LogP contribution in [0.5, 0.6) is 0 Å². The molecule has 0 unspecified atom stereocenters. The molecule has 2 atom stereocenters. The molecule has 1 aliphatic heterocycles. The predicted octanol–water partition coefficient (Wildman–Crippen LogP) is 0.404. The van der Waals surface area contributed by atoms with Gasteiger partial charge in [0.2, 0.25) is 5.91 Å². The Morgan fingerprint density at radius 2 is 2.11 bits per heavy atom. The van der Waals surface area contributed by atoms with Gasteiger partial charge in [-0.1, -0.05) is 6.92 Å². The first-order chi connectivity index (χ1) is 7.67. The molecule has 1 saturated heterocycles. The van der Waals surface area contributed by atoms with Crippen LogP contribution in [0.4, 0.5) is 0 Å². The Morgan fingerprint density at radius 1 is 1.44 bits per heavy atom. The number of carbonyl (C=O) groups is 1. The normalized spacial score (nSPS) is 22.2. The zero-order valence-corrected chi connectivity index (χ0v) is 12.7. The van der Waals surface area contributed by atoms with Crippen molar-refractivity contribution in [2.75, 3.05) is 33.2 Å². The van der Waals surface area contributed by atoms with Crippen molar-refractivity contribution in [2.24, 2.45) is 5.73 Å². The molecular weight excluding hydrogens is 277 g/mol. The topological polar surface area (TPSA) is 67.6 Å². The molecule has 0 aromatic rings. The van der Waals surface area contributed by atoms with Crippen LogP contribution in [0.25, 0.3) is 0 Å². The minimum absolute atomic E-state index is 0. The lowest BCUT2D eigenvalue weighted by Gasteiger charge is -2.16. The molecule has 0 aromatic heterocycles. The van der Waals surface area contributed by atoms with E-state index in [1.807, 2.05) is 7.05 Å². The van der Waals surface area contributed by atoms with Gasteiger partial charge in [0, 0.05) is 19.6 Å². The largest absolute Gasteiger partial charge is 0.364 e. The van der Waals surface area contributed by atoms with Gasteiger partial charge in [0.25, 0.3) is 0 Å². The van der Waals surface area contributed by atoms with Crippen LogP contribution in [-0.4, -0.2) is 56.2 Å². The van der Waals surface area contributed by atoms with Gasteiger partial charge in [-0.15, -0.1) is 24.8 Å². The summed E-state index contributed by atoms with van der Waals surface area (Å²) in [6.07, 6.45) is 1.45. The summed E-state index contributed by atoms with van der Waals surface area (Å²) in [5, 5.41) is 2.89. The molecule has 0 saturated carbocycles. The fourth-order valence-corrected chi connectivity index (χ4v) is 1.71. The second kappa shape index (κ2) is 10.8. The van der Waals surface area contributed by atoms with E-state index in [4.69, 9.17) is 10.5 Å². The standard InChI is InChI=1S/C11H23N3O2.2ClH/c1-3-14(2)7-6-13-11(15)10-5-4-9(8-12)16-10;;/h9-10H,3-8,12H2,1-2H3,(H,13,15);2*1H/t9-,10+;;/m1../s1. The van der Waals surface area contributed by atoms with E-state index in [9.17, 15) is 4.79 Å². The quantitative estimate of drug-likeness (QED) is 0.745. The Balaban J connectivity index is 0. The van der Waals surface area contributed by atoms with Gasteiger partial charge in [0.15, 0.2) is 0 Å². The summed E-state index contributed by atoms with van der Waals surface area (Å²) in [5.74, 6) is 0.000420. The molecule has 0 bridgehead atoms. The Morgan fingerprint density at radius 3 is 2.61 bits per heavy atom. The Labute approximate surface area is 122 Å². The lowest BCUT2D eigenvalue weighted by molar-refractivity contribution is -0.131. The van der Waals surface area contributed by atoms with Crippen molar-refractivity contribution in [3.8, 4) is 0 Å². The van der Waals surface area contributed by atoms with Gasteiger partial charge >= 0.3 is 0 Å². The molecule has 0 aliphatic carbocycles. The number of likely N-dealkylation sites (N-methyl/N-ethyl adjacent to an activating group) is 1. The molecule has 18 heavy (non-hydrogen) atoms. The van der Waals surface area contributed by atoms with Crippen molar-refractivity contribution < 1.29 is 9.53 Å². The van der Waals surface area contributed by atoms with E-state index < -0.39 is 0 Å². The highest BCUT2D eigenvalue weighted by Crippen LogP contribution is 2.18. The summed E-state index contributed by atoms with van der Waals surface area (Å²) in [7, 11) is 2.03. The van der Waals surface area contributed by atoms with Crippen molar-refractivity contribution in [1.29, 1.82) is 0 Å². The molecule has 1 amide bonds. The minimum Gasteiger partial charge on any atom is -0.364 e. The van der Waals surface area contributed by atoms with Crippen LogP contribution >= 0.6 is 24.8 Å². The van der Waals surface area contributed by atoms with Crippen LogP contribution in [0.3, 0.4) is 0 Å². The third-order valence-corrected chi connectivity index (χ3v) is 3.00. The van der Waals surface area contributed by atoms with Crippen LogP contribution in [-0.2, 0) is 9.53 Å². The Hall–Kier alpha value is -0.0700. The molecule has 5 nitrogen and oxygen atoms in total. The second-order valence-corrected chi connectivity index (χ2v) is 4.25. The second-order valence-electron chi connectivity index (χ2n) is 4.25. The molecule has 110 valence electrons. The number of rotatable bonds is 6. The maximum atomic E-state index is 11.7. The molecule has 1 heterocycles. The number of amides is 1. The van der Waals surface area contributed by atoms with E-state index in [2.05, 4.69) is 17.1 Å². The Bertz CT molecular complexity index is 232. The molecule has 0 aromatic carbocycles. The van der Waals surface area contributed by atoms with Crippen LogP contribution in [0, 0.1) is 0 Å². The number of nitrogens with one attached hydrogen (secondary N) is 1. The van der Waals surface area contributed by atoms with Crippen LogP contribution < -0.4 is 11.1 Å². The number of carbonyl (C=O) groups excluding carboxylic acids is 1. The molecule has 1 rings (SSSR count). The maximum Gasteiger partial charge on any atom is 0.249 e. The summed E-state index contributed by atoms with van der Waals surface area (Å²) >= 11 is 0. The summed E-state index contributed by atoms with van der Waals surface area (Å²) in [6, 6.07) is 0. The van der Waals surface area contributed by atoms with Gasteiger partial charge in [0.1, 0.15) is 6.10 Å². The minimum atomic E-state index is -0.291. The van der Waals surface area contributed by atoms with Crippen molar-refractivity contribution >= 4 is 30.7 Å². The van der Waals surface area contributed by atoms with E-state index >= 15 is 0 Å². The number of halogens is 2. The average Bonchev–Trinajstić information content (AvgIpc) is 2.77. The zero-order valence-electron chi connectivity index (χ0n) is 11.1. The molecule has 0 spiro atoms. The number of ether oxygens (including phenoxy) is 1. The SMILES string of the molecule is CCN(C)CCNC(=O)[C@@H]1CC[C@H](CN)O1.Cl.Cl. The maximum absolute atomic E-state index is 11.7. The lowest BCUT2D eigenvalue weighted by atomic mass is 10.2. The van der Waals surface area contributed by atoms with Gasteiger partial charge in [-0.2, -0.15) is 0 Å². The fourth-order valence-electron chi connectivity index (χ4n) is 1.71. The zero-order chi connectivity index (χ0) is 12.0. The van der Waals surface area contributed by atoms with Gasteiger partial charge in [0.05, 0.1) is 6.10 Å². The highest BCUT2D eigenvalue weighted by molar-refractivity contribution is 5.85. The summed E-state index contributed by atoms with van der Waals surface area (Å²) < 4.78 is 5.51. The van der Waals surface area contributed by atoms with E-state index in [0.29, 0.717) is 13.1 Å². The van der Waals surface area contributed by atoms with Gasteiger partial charge in [-0.3, -0.25) is 4.79 Å². The number of nitrogens with zero attached hydrogens (tertiary/aromatic N) is 1. The van der Waals surface area contributed by atoms with Crippen molar-refractivity contribution in [2.45, 2.75) is 32.0 Å². The molecule has 3 N–H and O–H groups in total. The number of hydrogen-bond acceptors (Lipinski definition) is 4.